The average molecular weight is 332 g/mol. The number of benzene rings is 1. The van der Waals surface area contributed by atoms with Crippen LogP contribution in [0.5, 0.6) is 0 Å². The van der Waals surface area contributed by atoms with Crippen molar-refractivity contribution in [2.45, 2.75) is 32.2 Å². The van der Waals surface area contributed by atoms with E-state index < -0.39 is 0 Å². The van der Waals surface area contributed by atoms with Gasteiger partial charge < -0.3 is 5.32 Å². The van der Waals surface area contributed by atoms with Gasteiger partial charge in [0.1, 0.15) is 0 Å². The third kappa shape index (κ3) is 3.60. The molecule has 0 unspecified atom stereocenters. The van der Waals surface area contributed by atoms with E-state index in [-0.39, 0.29) is 5.91 Å². The van der Waals surface area contributed by atoms with Crippen molar-refractivity contribution in [1.29, 1.82) is 0 Å². The topological polar surface area (TPSA) is 59.8 Å². The number of carbonyl (C=O) groups excluding carboxylic acids is 1. The van der Waals surface area contributed by atoms with Crippen LogP contribution in [-0.4, -0.2) is 20.7 Å². The fraction of sp³-hybridized carbons (Fsp3) is 0.250. The van der Waals surface area contributed by atoms with E-state index >= 15 is 0 Å². The van der Waals surface area contributed by atoms with E-state index in [1.807, 2.05) is 41.2 Å². The Morgan fingerprint density at radius 3 is 2.80 bits per heavy atom. The molecule has 0 saturated heterocycles. The quantitative estimate of drug-likeness (QED) is 0.780. The van der Waals surface area contributed by atoms with Gasteiger partial charge in [0.05, 0.1) is 0 Å². The summed E-state index contributed by atoms with van der Waals surface area (Å²) in [6.07, 6.45) is 9.73. The van der Waals surface area contributed by atoms with Gasteiger partial charge in [-0.05, 0) is 66.6 Å². The summed E-state index contributed by atoms with van der Waals surface area (Å²) in [5, 5.41) is 7.32. The summed E-state index contributed by atoms with van der Waals surface area (Å²) < 4.78 is 1.85. The first-order valence-corrected chi connectivity index (χ1v) is 8.63. The molecule has 1 aliphatic carbocycles. The zero-order valence-electron chi connectivity index (χ0n) is 14.0. The van der Waals surface area contributed by atoms with Gasteiger partial charge >= 0.3 is 0 Å². The van der Waals surface area contributed by atoms with Crippen molar-refractivity contribution >= 4 is 11.7 Å². The molecular formula is C20H20N4O. The number of rotatable bonds is 5. The second-order valence-corrected chi connectivity index (χ2v) is 6.36. The molecule has 1 amide bonds. The highest BCUT2D eigenvalue weighted by Crippen LogP contribution is 2.23. The molecule has 1 N–H and O–H groups in total. The van der Waals surface area contributed by atoms with Crippen LogP contribution in [0.2, 0.25) is 0 Å². The minimum absolute atomic E-state index is 0.103. The Bertz CT molecular complexity index is 886. The molecule has 0 fully saturated rings. The third-order valence-electron chi connectivity index (χ3n) is 4.62. The van der Waals surface area contributed by atoms with E-state index in [1.165, 1.54) is 23.1 Å². The molecule has 5 nitrogen and oxygen atoms in total. The molecule has 0 aliphatic heterocycles. The van der Waals surface area contributed by atoms with Crippen LogP contribution in [0.1, 0.15) is 33.5 Å². The molecule has 0 bridgehead atoms. The van der Waals surface area contributed by atoms with Gasteiger partial charge in [0.25, 0.3) is 5.91 Å². The predicted molar refractivity (Wildman–Crippen MR) is 96.6 cm³/mol. The fourth-order valence-electron chi connectivity index (χ4n) is 3.25. The number of fused-ring (bicyclic) bond motifs is 1. The highest BCUT2D eigenvalue weighted by molar-refractivity contribution is 6.03. The zero-order valence-corrected chi connectivity index (χ0v) is 14.0. The summed E-state index contributed by atoms with van der Waals surface area (Å²) in [4.78, 5) is 16.5. The first kappa shape index (κ1) is 15.6. The van der Waals surface area contributed by atoms with Crippen molar-refractivity contribution in [3.63, 3.8) is 0 Å². The largest absolute Gasteiger partial charge is 0.305 e. The molecule has 0 saturated carbocycles. The molecular weight excluding hydrogens is 312 g/mol. The van der Waals surface area contributed by atoms with Crippen LogP contribution in [-0.2, 0) is 25.8 Å². The fourth-order valence-corrected chi connectivity index (χ4v) is 3.25. The molecule has 2 aromatic heterocycles. The van der Waals surface area contributed by atoms with E-state index in [0.29, 0.717) is 11.4 Å². The standard InChI is InChI=1S/C20H20N4O/c25-20(18-5-4-16-2-1-3-17(16)14-18)22-19-9-13-24(23-19)12-8-15-6-10-21-11-7-15/h4-7,9-11,13-14H,1-3,8,12H2,(H,22,23,25). The lowest BCUT2D eigenvalue weighted by atomic mass is 10.1. The summed E-state index contributed by atoms with van der Waals surface area (Å²) in [5.74, 6) is 0.481. The number of hydrogen-bond donors (Lipinski definition) is 1. The Balaban J connectivity index is 1.38. The number of aromatic nitrogens is 3. The molecule has 1 aromatic carbocycles. The van der Waals surface area contributed by atoms with Crippen LogP contribution in [0.3, 0.4) is 0 Å². The van der Waals surface area contributed by atoms with E-state index in [9.17, 15) is 4.79 Å². The van der Waals surface area contributed by atoms with E-state index in [1.54, 1.807) is 12.4 Å². The van der Waals surface area contributed by atoms with Crippen molar-refractivity contribution in [1.82, 2.24) is 14.8 Å². The van der Waals surface area contributed by atoms with Gasteiger partial charge in [0.15, 0.2) is 5.82 Å². The van der Waals surface area contributed by atoms with Gasteiger partial charge in [-0.1, -0.05) is 6.07 Å². The highest BCUT2D eigenvalue weighted by atomic mass is 16.1. The van der Waals surface area contributed by atoms with Crippen LogP contribution >= 0.6 is 0 Å². The highest BCUT2D eigenvalue weighted by Gasteiger charge is 2.14. The Morgan fingerprint density at radius 1 is 1.08 bits per heavy atom. The normalized spacial score (nSPS) is 12.8. The van der Waals surface area contributed by atoms with Crippen LogP contribution in [0, 0.1) is 0 Å². The van der Waals surface area contributed by atoms with Gasteiger partial charge in [0, 0.05) is 36.8 Å². The number of nitrogens with one attached hydrogen (secondary N) is 1. The minimum atomic E-state index is -0.103. The monoisotopic (exact) mass is 332 g/mol. The number of pyridine rings is 1. The molecule has 126 valence electrons. The lowest BCUT2D eigenvalue weighted by Crippen LogP contribution is -2.13. The summed E-state index contributed by atoms with van der Waals surface area (Å²) in [5.41, 5.74) is 4.59. The number of amides is 1. The first-order valence-electron chi connectivity index (χ1n) is 8.63. The molecule has 0 radical (unpaired) electrons. The lowest BCUT2D eigenvalue weighted by molar-refractivity contribution is 0.102. The molecule has 4 rings (SSSR count). The third-order valence-corrected chi connectivity index (χ3v) is 4.62. The maximum Gasteiger partial charge on any atom is 0.256 e. The Hall–Kier alpha value is -2.95. The van der Waals surface area contributed by atoms with Crippen molar-refractivity contribution < 1.29 is 4.79 Å². The summed E-state index contributed by atoms with van der Waals surface area (Å²) in [6.45, 7) is 0.763. The van der Waals surface area contributed by atoms with Gasteiger partial charge in [-0.3, -0.25) is 14.5 Å². The van der Waals surface area contributed by atoms with Crippen molar-refractivity contribution in [3.05, 3.63) is 77.2 Å². The van der Waals surface area contributed by atoms with Gasteiger partial charge in [-0.15, -0.1) is 0 Å². The van der Waals surface area contributed by atoms with Crippen molar-refractivity contribution in [2.24, 2.45) is 0 Å². The average Bonchev–Trinajstić information content (AvgIpc) is 3.29. The molecule has 0 spiro atoms. The first-order chi connectivity index (χ1) is 12.3. The Kier molecular flexibility index (Phi) is 4.29. The van der Waals surface area contributed by atoms with Gasteiger partial charge in [-0.25, -0.2) is 0 Å². The second-order valence-electron chi connectivity index (χ2n) is 6.36. The maximum absolute atomic E-state index is 12.4. The second kappa shape index (κ2) is 6.89. The summed E-state index contributed by atoms with van der Waals surface area (Å²) in [7, 11) is 0. The Labute approximate surface area is 146 Å². The predicted octanol–water partition coefficient (Wildman–Crippen LogP) is 3.26. The number of anilines is 1. The summed E-state index contributed by atoms with van der Waals surface area (Å²) in [6, 6.07) is 11.8. The Morgan fingerprint density at radius 2 is 1.92 bits per heavy atom. The van der Waals surface area contributed by atoms with Crippen LogP contribution in [0.4, 0.5) is 5.82 Å². The lowest BCUT2D eigenvalue weighted by Gasteiger charge is -2.05. The van der Waals surface area contributed by atoms with Crippen molar-refractivity contribution in [3.8, 4) is 0 Å². The van der Waals surface area contributed by atoms with Crippen molar-refractivity contribution in [2.75, 3.05) is 5.32 Å². The van der Waals surface area contributed by atoms with Crippen LogP contribution in [0.15, 0.2) is 55.0 Å². The molecule has 3 aromatic rings. The van der Waals surface area contributed by atoms with Crippen LogP contribution in [0.25, 0.3) is 0 Å². The summed E-state index contributed by atoms with van der Waals surface area (Å²) >= 11 is 0. The van der Waals surface area contributed by atoms with Crippen LogP contribution < -0.4 is 5.32 Å². The smallest absolute Gasteiger partial charge is 0.256 e. The van der Waals surface area contributed by atoms with Gasteiger partial charge in [0.2, 0.25) is 0 Å². The molecule has 25 heavy (non-hydrogen) atoms. The number of nitrogens with zero attached hydrogens (tertiary/aromatic N) is 3. The molecule has 5 heteroatoms. The van der Waals surface area contributed by atoms with E-state index in [2.05, 4.69) is 21.5 Å². The number of aryl methyl sites for hydroxylation is 4. The molecule has 2 heterocycles. The number of carbonyl (C=O) groups is 1. The SMILES string of the molecule is O=C(Nc1ccn(CCc2ccncc2)n1)c1ccc2c(c1)CCC2. The minimum Gasteiger partial charge on any atom is -0.305 e. The molecule has 0 atom stereocenters. The zero-order chi connectivity index (χ0) is 17.1. The molecule has 1 aliphatic rings. The number of hydrogen-bond acceptors (Lipinski definition) is 3. The van der Waals surface area contributed by atoms with Gasteiger partial charge in [-0.2, -0.15) is 5.10 Å². The van der Waals surface area contributed by atoms with E-state index in [0.717, 1.165) is 25.8 Å². The maximum atomic E-state index is 12.4. The van der Waals surface area contributed by atoms with E-state index in [4.69, 9.17) is 0 Å².